The van der Waals surface area contributed by atoms with Gasteiger partial charge in [0.25, 0.3) is 0 Å². The first-order valence-electron chi connectivity index (χ1n) is 4.75. The second-order valence-electron chi connectivity index (χ2n) is 3.02. The minimum absolute atomic E-state index is 0.0808. The number of amides is 1. The number of carbonyl (C=O) groups excluding carboxylic acids is 1. The SMILES string of the molecule is C#CCNCC(=O)N(CCC)CC(=O)O. The van der Waals surface area contributed by atoms with Crippen LogP contribution in [0.5, 0.6) is 0 Å². The molecule has 5 heteroatoms. The molecule has 1 amide bonds. The van der Waals surface area contributed by atoms with Crippen LogP contribution in [0.25, 0.3) is 0 Å². The summed E-state index contributed by atoms with van der Waals surface area (Å²) in [5.74, 6) is 1.09. The highest BCUT2D eigenvalue weighted by Gasteiger charge is 2.14. The molecule has 0 saturated heterocycles. The number of hydrogen-bond donors (Lipinski definition) is 2. The van der Waals surface area contributed by atoms with E-state index in [1.54, 1.807) is 0 Å². The molecular formula is C10H16N2O3. The second kappa shape index (κ2) is 7.83. The van der Waals surface area contributed by atoms with Crippen LogP contribution in [0, 0.1) is 12.3 Å². The predicted octanol–water partition coefficient (Wildman–Crippen LogP) is -0.468. The van der Waals surface area contributed by atoms with Crippen LogP contribution in [-0.4, -0.2) is 48.1 Å². The number of carbonyl (C=O) groups is 2. The summed E-state index contributed by atoms with van der Waals surface area (Å²) in [6.45, 7) is 2.46. The van der Waals surface area contributed by atoms with Crippen LogP contribution < -0.4 is 5.32 Å². The first kappa shape index (κ1) is 13.5. The van der Waals surface area contributed by atoms with Gasteiger partial charge in [-0.1, -0.05) is 12.8 Å². The van der Waals surface area contributed by atoms with Crippen molar-refractivity contribution in [3.05, 3.63) is 0 Å². The summed E-state index contributed by atoms with van der Waals surface area (Å²) < 4.78 is 0. The predicted molar refractivity (Wildman–Crippen MR) is 56.2 cm³/mol. The number of rotatable bonds is 7. The van der Waals surface area contributed by atoms with Gasteiger partial charge in [-0.25, -0.2) is 0 Å². The van der Waals surface area contributed by atoms with Crippen molar-refractivity contribution in [3.8, 4) is 12.3 Å². The number of nitrogens with one attached hydrogen (secondary N) is 1. The average molecular weight is 212 g/mol. The molecule has 0 saturated carbocycles. The molecular weight excluding hydrogens is 196 g/mol. The third-order valence-corrected chi connectivity index (χ3v) is 1.68. The largest absolute Gasteiger partial charge is 0.480 e. The molecule has 2 N–H and O–H groups in total. The topological polar surface area (TPSA) is 69.6 Å². The Morgan fingerprint density at radius 3 is 2.67 bits per heavy atom. The fraction of sp³-hybridized carbons (Fsp3) is 0.600. The van der Waals surface area contributed by atoms with E-state index in [1.807, 2.05) is 6.92 Å². The smallest absolute Gasteiger partial charge is 0.323 e. The summed E-state index contributed by atoms with van der Waals surface area (Å²) in [6, 6.07) is 0. The molecule has 0 aliphatic heterocycles. The van der Waals surface area contributed by atoms with Gasteiger partial charge in [0.05, 0.1) is 13.1 Å². The minimum atomic E-state index is -1.01. The summed E-state index contributed by atoms with van der Waals surface area (Å²) in [4.78, 5) is 23.2. The van der Waals surface area contributed by atoms with Crippen molar-refractivity contribution in [2.75, 3.05) is 26.2 Å². The lowest BCUT2D eigenvalue weighted by Gasteiger charge is -2.19. The van der Waals surface area contributed by atoms with Crippen LogP contribution in [0.15, 0.2) is 0 Å². The molecule has 0 aromatic heterocycles. The Hall–Kier alpha value is -1.54. The molecule has 0 spiro atoms. The lowest BCUT2D eigenvalue weighted by molar-refractivity contribution is -0.144. The Bertz CT molecular complexity index is 258. The number of carboxylic acids is 1. The molecule has 0 aliphatic rings. The second-order valence-corrected chi connectivity index (χ2v) is 3.02. The number of nitrogens with zero attached hydrogens (tertiary/aromatic N) is 1. The van der Waals surface area contributed by atoms with Crippen LogP contribution in [0.1, 0.15) is 13.3 Å². The van der Waals surface area contributed by atoms with Gasteiger partial charge >= 0.3 is 5.97 Å². The van der Waals surface area contributed by atoms with Crippen LogP contribution in [0.4, 0.5) is 0 Å². The summed E-state index contributed by atoms with van der Waals surface area (Å²) >= 11 is 0. The molecule has 0 fully saturated rings. The Kier molecular flexibility index (Phi) is 7.02. The molecule has 0 atom stereocenters. The van der Waals surface area contributed by atoms with Crippen molar-refractivity contribution < 1.29 is 14.7 Å². The average Bonchev–Trinajstić information content (AvgIpc) is 2.17. The maximum Gasteiger partial charge on any atom is 0.323 e. The van der Waals surface area contributed by atoms with Gasteiger partial charge < -0.3 is 10.0 Å². The summed E-state index contributed by atoms with van der Waals surface area (Å²) in [7, 11) is 0. The van der Waals surface area contributed by atoms with E-state index >= 15 is 0 Å². The third kappa shape index (κ3) is 6.52. The van der Waals surface area contributed by atoms with Crippen LogP contribution in [0.3, 0.4) is 0 Å². The number of carboxylic acid groups (broad SMARTS) is 1. The quantitative estimate of drug-likeness (QED) is 0.442. The molecule has 0 aliphatic carbocycles. The fourth-order valence-corrected chi connectivity index (χ4v) is 1.08. The molecule has 0 unspecified atom stereocenters. The Balaban J connectivity index is 4.05. The maximum absolute atomic E-state index is 11.5. The summed E-state index contributed by atoms with van der Waals surface area (Å²) in [5, 5.41) is 11.3. The Labute approximate surface area is 89.4 Å². The molecule has 0 radical (unpaired) electrons. The van der Waals surface area contributed by atoms with Crippen LogP contribution in [-0.2, 0) is 9.59 Å². The number of terminal acetylenes is 1. The highest BCUT2D eigenvalue weighted by Crippen LogP contribution is 1.92. The number of hydrogen-bond acceptors (Lipinski definition) is 3. The lowest BCUT2D eigenvalue weighted by Crippen LogP contribution is -2.41. The standard InChI is InChI=1S/C10H16N2O3/c1-3-5-11-7-9(13)12(6-4-2)8-10(14)15/h1,11H,4-8H2,2H3,(H,14,15). The first-order chi connectivity index (χ1) is 7.11. The van der Waals surface area contributed by atoms with Gasteiger partial charge in [0.2, 0.25) is 5.91 Å². The van der Waals surface area contributed by atoms with E-state index < -0.39 is 5.97 Å². The lowest BCUT2D eigenvalue weighted by atomic mass is 10.3. The van der Waals surface area contributed by atoms with E-state index in [0.29, 0.717) is 13.1 Å². The molecule has 84 valence electrons. The van der Waals surface area contributed by atoms with Gasteiger partial charge in [-0.15, -0.1) is 6.42 Å². The zero-order valence-electron chi connectivity index (χ0n) is 8.82. The van der Waals surface area contributed by atoms with Crippen molar-refractivity contribution in [2.24, 2.45) is 0 Å². The van der Waals surface area contributed by atoms with Crippen LogP contribution >= 0.6 is 0 Å². The van der Waals surface area contributed by atoms with Crippen molar-refractivity contribution in [1.82, 2.24) is 10.2 Å². The van der Waals surface area contributed by atoms with Crippen molar-refractivity contribution in [3.63, 3.8) is 0 Å². The van der Waals surface area contributed by atoms with Crippen molar-refractivity contribution in [1.29, 1.82) is 0 Å². The van der Waals surface area contributed by atoms with E-state index in [0.717, 1.165) is 6.42 Å². The minimum Gasteiger partial charge on any atom is -0.480 e. The first-order valence-corrected chi connectivity index (χ1v) is 4.75. The van der Waals surface area contributed by atoms with Crippen molar-refractivity contribution in [2.45, 2.75) is 13.3 Å². The zero-order chi connectivity index (χ0) is 11.7. The van der Waals surface area contributed by atoms with E-state index in [1.165, 1.54) is 4.90 Å². The van der Waals surface area contributed by atoms with E-state index in [-0.39, 0.29) is 19.0 Å². The zero-order valence-corrected chi connectivity index (χ0v) is 8.82. The Morgan fingerprint density at radius 1 is 1.53 bits per heavy atom. The molecule has 0 aromatic rings. The van der Waals surface area contributed by atoms with E-state index in [2.05, 4.69) is 11.2 Å². The van der Waals surface area contributed by atoms with Gasteiger partial charge in [-0.05, 0) is 6.42 Å². The Morgan fingerprint density at radius 2 is 2.20 bits per heavy atom. The van der Waals surface area contributed by atoms with Gasteiger partial charge in [0, 0.05) is 6.54 Å². The van der Waals surface area contributed by atoms with Crippen LogP contribution in [0.2, 0.25) is 0 Å². The van der Waals surface area contributed by atoms with Gasteiger partial charge in [0.15, 0.2) is 0 Å². The highest BCUT2D eigenvalue weighted by atomic mass is 16.4. The molecule has 15 heavy (non-hydrogen) atoms. The summed E-state index contributed by atoms with van der Waals surface area (Å²) in [6.07, 6.45) is 5.73. The molecule has 0 aromatic carbocycles. The number of aliphatic carboxylic acids is 1. The maximum atomic E-state index is 11.5. The summed E-state index contributed by atoms with van der Waals surface area (Å²) in [5.41, 5.74) is 0. The van der Waals surface area contributed by atoms with E-state index in [4.69, 9.17) is 11.5 Å². The van der Waals surface area contributed by atoms with Crippen molar-refractivity contribution >= 4 is 11.9 Å². The molecule has 5 nitrogen and oxygen atoms in total. The normalized spacial score (nSPS) is 9.33. The highest BCUT2D eigenvalue weighted by molar-refractivity contribution is 5.82. The fourth-order valence-electron chi connectivity index (χ4n) is 1.08. The third-order valence-electron chi connectivity index (χ3n) is 1.68. The van der Waals surface area contributed by atoms with Gasteiger partial charge in [0.1, 0.15) is 6.54 Å². The van der Waals surface area contributed by atoms with Gasteiger partial charge in [-0.3, -0.25) is 14.9 Å². The molecule has 0 bridgehead atoms. The van der Waals surface area contributed by atoms with E-state index in [9.17, 15) is 9.59 Å². The molecule has 0 heterocycles. The molecule has 0 rings (SSSR count). The van der Waals surface area contributed by atoms with Gasteiger partial charge in [-0.2, -0.15) is 0 Å². The monoisotopic (exact) mass is 212 g/mol.